The molecule has 18 heavy (non-hydrogen) atoms. The molecule has 4 heteroatoms. The van der Waals surface area contributed by atoms with E-state index in [0.717, 1.165) is 30.1 Å². The van der Waals surface area contributed by atoms with Gasteiger partial charge < -0.3 is 5.32 Å². The number of hydrogen-bond acceptors (Lipinski definition) is 2. The second kappa shape index (κ2) is 5.12. The zero-order valence-electron chi connectivity index (χ0n) is 10.1. The van der Waals surface area contributed by atoms with Crippen LogP contribution in [-0.4, -0.2) is 16.2 Å². The van der Waals surface area contributed by atoms with Gasteiger partial charge in [-0.3, -0.25) is 5.10 Å². The van der Waals surface area contributed by atoms with Crippen LogP contribution in [0.2, 0.25) is 5.02 Å². The molecule has 0 radical (unpaired) electrons. The molecular weight excluding hydrogens is 246 g/mol. The third-order valence-corrected chi connectivity index (χ3v) is 3.97. The fourth-order valence-electron chi connectivity index (χ4n) is 2.48. The van der Waals surface area contributed by atoms with Crippen LogP contribution < -0.4 is 5.32 Å². The lowest BCUT2D eigenvalue weighted by Gasteiger charge is -2.36. The molecule has 1 aliphatic carbocycles. The Hall–Kier alpha value is -1.32. The molecule has 0 atom stereocenters. The second-order valence-corrected chi connectivity index (χ2v) is 5.26. The van der Waals surface area contributed by atoms with Crippen LogP contribution in [0, 0.1) is 0 Å². The minimum atomic E-state index is 0.592. The summed E-state index contributed by atoms with van der Waals surface area (Å²) in [5.41, 5.74) is 2.43. The van der Waals surface area contributed by atoms with Gasteiger partial charge in [-0.1, -0.05) is 29.8 Å². The predicted molar refractivity (Wildman–Crippen MR) is 72.6 cm³/mol. The molecule has 0 saturated heterocycles. The molecule has 1 fully saturated rings. The van der Waals surface area contributed by atoms with Crippen molar-refractivity contribution in [1.29, 1.82) is 0 Å². The molecule has 94 valence electrons. The number of halogens is 1. The zero-order chi connectivity index (χ0) is 12.4. The molecule has 1 aromatic heterocycles. The Balaban J connectivity index is 1.50. The maximum atomic E-state index is 6.20. The van der Waals surface area contributed by atoms with E-state index in [4.69, 9.17) is 11.6 Å². The van der Waals surface area contributed by atoms with E-state index in [1.54, 1.807) is 6.20 Å². The summed E-state index contributed by atoms with van der Waals surface area (Å²) in [7, 11) is 0. The highest BCUT2D eigenvalue weighted by atomic mass is 35.5. The maximum absolute atomic E-state index is 6.20. The first-order valence-electron chi connectivity index (χ1n) is 6.29. The predicted octanol–water partition coefficient (Wildman–Crippen LogP) is 3.10. The van der Waals surface area contributed by atoms with Crippen molar-refractivity contribution in [2.75, 3.05) is 0 Å². The molecule has 0 bridgehead atoms. The van der Waals surface area contributed by atoms with Crippen molar-refractivity contribution < 1.29 is 0 Å². The monoisotopic (exact) mass is 261 g/mol. The van der Waals surface area contributed by atoms with Crippen LogP contribution in [0.15, 0.2) is 36.5 Å². The largest absolute Gasteiger partial charge is 0.308 e. The van der Waals surface area contributed by atoms with Crippen molar-refractivity contribution in [1.82, 2.24) is 15.5 Å². The number of aromatic amines is 1. The Labute approximate surface area is 112 Å². The van der Waals surface area contributed by atoms with Gasteiger partial charge in [-0.05, 0) is 36.5 Å². The number of nitrogens with zero attached hydrogens (tertiary/aromatic N) is 1. The lowest BCUT2D eigenvalue weighted by molar-refractivity contribution is 0.288. The van der Waals surface area contributed by atoms with Gasteiger partial charge in [0.1, 0.15) is 0 Å². The van der Waals surface area contributed by atoms with E-state index < -0.39 is 0 Å². The smallest absolute Gasteiger partial charge is 0.0490 e. The minimum Gasteiger partial charge on any atom is -0.308 e. The van der Waals surface area contributed by atoms with Crippen LogP contribution in [0.3, 0.4) is 0 Å². The molecule has 3 rings (SSSR count). The molecule has 0 aliphatic heterocycles. The summed E-state index contributed by atoms with van der Waals surface area (Å²) in [6, 6.07) is 10.7. The van der Waals surface area contributed by atoms with E-state index in [2.05, 4.69) is 27.6 Å². The first-order chi connectivity index (χ1) is 8.83. The van der Waals surface area contributed by atoms with E-state index in [9.17, 15) is 0 Å². The average molecular weight is 262 g/mol. The summed E-state index contributed by atoms with van der Waals surface area (Å²) in [5, 5.41) is 11.3. The van der Waals surface area contributed by atoms with Crippen molar-refractivity contribution in [3.63, 3.8) is 0 Å². The topological polar surface area (TPSA) is 40.7 Å². The van der Waals surface area contributed by atoms with E-state index in [1.165, 1.54) is 5.56 Å². The van der Waals surface area contributed by atoms with E-state index in [-0.39, 0.29) is 0 Å². The molecule has 2 aromatic rings. The number of benzene rings is 1. The Kier molecular flexibility index (Phi) is 3.35. The zero-order valence-corrected chi connectivity index (χ0v) is 10.8. The van der Waals surface area contributed by atoms with Gasteiger partial charge in [0.25, 0.3) is 0 Å². The highest BCUT2D eigenvalue weighted by Gasteiger charge is 2.30. The summed E-state index contributed by atoms with van der Waals surface area (Å²) < 4.78 is 0. The molecule has 1 aromatic carbocycles. The molecule has 1 saturated carbocycles. The van der Waals surface area contributed by atoms with Crippen LogP contribution >= 0.6 is 11.6 Å². The normalized spacial score (nSPS) is 22.7. The third kappa shape index (κ3) is 2.42. The first kappa shape index (κ1) is 11.8. The molecule has 1 heterocycles. The van der Waals surface area contributed by atoms with Gasteiger partial charge >= 0.3 is 0 Å². The summed E-state index contributed by atoms with van der Waals surface area (Å²) in [5.74, 6) is 0.609. The van der Waals surface area contributed by atoms with E-state index >= 15 is 0 Å². The average Bonchev–Trinajstić information content (AvgIpc) is 2.82. The highest BCUT2D eigenvalue weighted by Crippen LogP contribution is 2.39. The third-order valence-electron chi connectivity index (χ3n) is 3.62. The van der Waals surface area contributed by atoms with Crippen molar-refractivity contribution in [3.8, 4) is 0 Å². The summed E-state index contributed by atoms with van der Waals surface area (Å²) >= 11 is 6.20. The Morgan fingerprint density at radius 1 is 1.28 bits per heavy atom. The van der Waals surface area contributed by atoms with E-state index in [1.807, 2.05) is 18.2 Å². The number of rotatable bonds is 4. The van der Waals surface area contributed by atoms with E-state index in [0.29, 0.717) is 12.0 Å². The van der Waals surface area contributed by atoms with Crippen LogP contribution in [0.5, 0.6) is 0 Å². The number of H-pyrrole nitrogens is 1. The van der Waals surface area contributed by atoms with Crippen molar-refractivity contribution in [3.05, 3.63) is 52.8 Å². The van der Waals surface area contributed by atoms with Gasteiger partial charge in [-0.2, -0.15) is 5.10 Å². The van der Waals surface area contributed by atoms with Gasteiger partial charge in [0.05, 0.1) is 0 Å². The fraction of sp³-hybridized carbons (Fsp3) is 0.357. The SMILES string of the molecule is Clc1ccccc1C1CC(NCc2ccn[nH]2)C1. The molecule has 1 aliphatic rings. The Bertz CT molecular complexity index is 504. The second-order valence-electron chi connectivity index (χ2n) is 4.85. The molecular formula is C14H16ClN3. The highest BCUT2D eigenvalue weighted by molar-refractivity contribution is 6.31. The summed E-state index contributed by atoms with van der Waals surface area (Å²) in [6.07, 6.45) is 4.11. The summed E-state index contributed by atoms with van der Waals surface area (Å²) in [6.45, 7) is 0.861. The van der Waals surface area contributed by atoms with Gasteiger partial charge in [0, 0.05) is 29.5 Å². The standard InChI is InChI=1S/C14H16ClN3/c15-14-4-2-1-3-13(14)10-7-12(8-10)16-9-11-5-6-17-18-11/h1-6,10,12,16H,7-9H2,(H,17,18). The lowest BCUT2D eigenvalue weighted by atomic mass is 9.76. The van der Waals surface area contributed by atoms with Crippen molar-refractivity contribution >= 4 is 11.6 Å². The Morgan fingerprint density at radius 3 is 2.83 bits per heavy atom. The lowest BCUT2D eigenvalue weighted by Crippen LogP contribution is -2.39. The van der Waals surface area contributed by atoms with Crippen LogP contribution in [0.4, 0.5) is 0 Å². The van der Waals surface area contributed by atoms with Crippen molar-refractivity contribution in [2.45, 2.75) is 31.3 Å². The molecule has 2 N–H and O–H groups in total. The van der Waals surface area contributed by atoms with Crippen molar-refractivity contribution in [2.24, 2.45) is 0 Å². The van der Waals surface area contributed by atoms with Crippen LogP contribution in [-0.2, 0) is 6.54 Å². The first-order valence-corrected chi connectivity index (χ1v) is 6.67. The number of nitrogens with one attached hydrogen (secondary N) is 2. The van der Waals surface area contributed by atoms with Gasteiger partial charge in [-0.15, -0.1) is 0 Å². The Morgan fingerprint density at radius 2 is 2.11 bits per heavy atom. The maximum Gasteiger partial charge on any atom is 0.0490 e. The quantitative estimate of drug-likeness (QED) is 0.888. The molecule has 3 nitrogen and oxygen atoms in total. The number of aromatic nitrogens is 2. The molecule has 0 unspecified atom stereocenters. The van der Waals surface area contributed by atoms with Gasteiger partial charge in [0.15, 0.2) is 0 Å². The van der Waals surface area contributed by atoms with Gasteiger partial charge in [-0.25, -0.2) is 0 Å². The molecule has 0 spiro atoms. The summed E-state index contributed by atoms with van der Waals surface area (Å²) in [4.78, 5) is 0. The minimum absolute atomic E-state index is 0.592. The van der Waals surface area contributed by atoms with Crippen LogP contribution in [0.1, 0.15) is 30.0 Å². The number of hydrogen-bond donors (Lipinski definition) is 2. The fourth-order valence-corrected chi connectivity index (χ4v) is 2.77. The van der Waals surface area contributed by atoms with Crippen LogP contribution in [0.25, 0.3) is 0 Å². The molecule has 0 amide bonds. The van der Waals surface area contributed by atoms with Gasteiger partial charge in [0.2, 0.25) is 0 Å².